The number of benzene rings is 3. The number of imidazole rings is 1. The topological polar surface area (TPSA) is 81.6 Å². The fourth-order valence-corrected chi connectivity index (χ4v) is 2.89. The number of nitriles is 1. The number of fused-ring (bicyclic) bond motifs is 2. The number of carbonyl (C=O) groups is 1. The number of rotatable bonds is 3. The SMILES string of the molecule is N#CC(C(=O)Nc1cccc2ccccc12)c1nc2ccccc2[nH]1. The predicted molar refractivity (Wildman–Crippen MR) is 97.0 cm³/mol. The van der Waals surface area contributed by atoms with Gasteiger partial charge in [0.1, 0.15) is 5.82 Å². The summed E-state index contributed by atoms with van der Waals surface area (Å²) in [6, 6.07) is 22.9. The first-order chi connectivity index (χ1) is 12.3. The lowest BCUT2D eigenvalue weighted by Crippen LogP contribution is -2.21. The van der Waals surface area contributed by atoms with Gasteiger partial charge in [0, 0.05) is 11.1 Å². The van der Waals surface area contributed by atoms with Crippen LogP contribution in [-0.4, -0.2) is 15.9 Å². The summed E-state index contributed by atoms with van der Waals surface area (Å²) in [7, 11) is 0. The van der Waals surface area contributed by atoms with Gasteiger partial charge in [-0.25, -0.2) is 4.98 Å². The third kappa shape index (κ3) is 2.70. The first-order valence-electron chi connectivity index (χ1n) is 7.89. The van der Waals surface area contributed by atoms with Gasteiger partial charge in [-0.1, -0.05) is 48.5 Å². The average Bonchev–Trinajstić information content (AvgIpc) is 3.06. The Balaban J connectivity index is 1.67. The van der Waals surface area contributed by atoms with Gasteiger partial charge in [-0.2, -0.15) is 5.26 Å². The van der Waals surface area contributed by atoms with Gasteiger partial charge in [0.05, 0.1) is 17.1 Å². The molecule has 4 aromatic rings. The van der Waals surface area contributed by atoms with E-state index in [4.69, 9.17) is 0 Å². The summed E-state index contributed by atoms with van der Waals surface area (Å²) in [5.74, 6) is -1.06. The van der Waals surface area contributed by atoms with E-state index in [1.165, 1.54) is 0 Å². The average molecular weight is 326 g/mol. The maximum atomic E-state index is 12.7. The molecule has 4 rings (SSSR count). The van der Waals surface area contributed by atoms with Crippen LogP contribution in [0, 0.1) is 11.3 Å². The van der Waals surface area contributed by atoms with Crippen LogP contribution in [0.2, 0.25) is 0 Å². The third-order valence-corrected chi connectivity index (χ3v) is 4.12. The summed E-state index contributed by atoms with van der Waals surface area (Å²) in [5, 5.41) is 14.3. The molecule has 25 heavy (non-hydrogen) atoms. The van der Waals surface area contributed by atoms with Crippen LogP contribution in [0.15, 0.2) is 66.7 Å². The van der Waals surface area contributed by atoms with E-state index in [1.807, 2.05) is 72.8 Å². The molecule has 1 amide bonds. The van der Waals surface area contributed by atoms with E-state index >= 15 is 0 Å². The molecule has 0 saturated heterocycles. The highest BCUT2D eigenvalue weighted by Gasteiger charge is 2.24. The lowest BCUT2D eigenvalue weighted by molar-refractivity contribution is -0.116. The summed E-state index contributed by atoms with van der Waals surface area (Å²) in [6.07, 6.45) is 0. The van der Waals surface area contributed by atoms with Crippen molar-refractivity contribution in [2.24, 2.45) is 0 Å². The first kappa shape index (κ1) is 14.9. The van der Waals surface area contributed by atoms with E-state index in [-0.39, 0.29) is 0 Å². The molecule has 1 aromatic heterocycles. The summed E-state index contributed by atoms with van der Waals surface area (Å²) in [5.41, 5.74) is 2.21. The van der Waals surface area contributed by atoms with Crippen LogP contribution in [0.1, 0.15) is 11.7 Å². The Morgan fingerprint density at radius 3 is 2.64 bits per heavy atom. The van der Waals surface area contributed by atoms with Gasteiger partial charge in [0.15, 0.2) is 5.92 Å². The predicted octanol–water partition coefficient (Wildman–Crippen LogP) is 3.96. The smallest absolute Gasteiger partial charge is 0.249 e. The Kier molecular flexibility index (Phi) is 3.64. The van der Waals surface area contributed by atoms with Crippen LogP contribution in [0.3, 0.4) is 0 Å². The summed E-state index contributed by atoms with van der Waals surface area (Å²) in [6.45, 7) is 0. The van der Waals surface area contributed by atoms with Crippen molar-refractivity contribution < 1.29 is 4.79 Å². The number of nitrogens with zero attached hydrogens (tertiary/aromatic N) is 2. The van der Waals surface area contributed by atoms with Crippen molar-refractivity contribution >= 4 is 33.4 Å². The van der Waals surface area contributed by atoms with Crippen molar-refractivity contribution in [1.29, 1.82) is 5.26 Å². The molecule has 0 aliphatic carbocycles. The van der Waals surface area contributed by atoms with E-state index in [0.29, 0.717) is 11.5 Å². The zero-order valence-electron chi connectivity index (χ0n) is 13.2. The quantitative estimate of drug-likeness (QED) is 0.598. The second kappa shape index (κ2) is 6.10. The Morgan fingerprint density at radius 2 is 1.80 bits per heavy atom. The number of H-pyrrole nitrogens is 1. The fraction of sp³-hybridized carbons (Fsp3) is 0.0500. The molecule has 0 saturated carbocycles. The maximum Gasteiger partial charge on any atom is 0.249 e. The monoisotopic (exact) mass is 326 g/mol. The third-order valence-electron chi connectivity index (χ3n) is 4.12. The molecule has 0 fully saturated rings. The molecule has 1 unspecified atom stereocenters. The van der Waals surface area contributed by atoms with Crippen molar-refractivity contribution in [3.05, 3.63) is 72.6 Å². The molecule has 1 heterocycles. The van der Waals surface area contributed by atoms with E-state index < -0.39 is 11.8 Å². The molecule has 2 N–H and O–H groups in total. The first-order valence-corrected chi connectivity index (χ1v) is 7.89. The van der Waals surface area contributed by atoms with Crippen molar-refractivity contribution in [2.45, 2.75) is 5.92 Å². The van der Waals surface area contributed by atoms with Crippen LogP contribution < -0.4 is 5.32 Å². The molecule has 0 bridgehead atoms. The van der Waals surface area contributed by atoms with Crippen LogP contribution in [0.4, 0.5) is 5.69 Å². The number of hydrogen-bond donors (Lipinski definition) is 2. The number of aromatic nitrogens is 2. The lowest BCUT2D eigenvalue weighted by Gasteiger charge is -2.10. The fourth-order valence-electron chi connectivity index (χ4n) is 2.89. The zero-order valence-corrected chi connectivity index (χ0v) is 13.2. The number of carbonyl (C=O) groups excluding carboxylic acids is 1. The molecule has 0 aliphatic rings. The molecule has 3 aromatic carbocycles. The highest BCUT2D eigenvalue weighted by atomic mass is 16.1. The summed E-state index contributed by atoms with van der Waals surface area (Å²) >= 11 is 0. The van der Waals surface area contributed by atoms with Crippen LogP contribution in [-0.2, 0) is 4.79 Å². The standard InChI is InChI=1S/C20H14N4O/c21-12-15(19-22-17-9-3-4-10-18(17)23-19)20(25)24-16-11-5-7-13-6-1-2-8-14(13)16/h1-11,15H,(H,22,23)(H,24,25). The number of nitrogens with one attached hydrogen (secondary N) is 2. The molecule has 1 atom stereocenters. The largest absolute Gasteiger partial charge is 0.340 e. The Morgan fingerprint density at radius 1 is 1.04 bits per heavy atom. The molecule has 5 heteroatoms. The van der Waals surface area contributed by atoms with Gasteiger partial charge in [0.25, 0.3) is 0 Å². The minimum atomic E-state index is -1.01. The second-order valence-corrected chi connectivity index (χ2v) is 5.72. The normalized spacial score (nSPS) is 12.0. The maximum absolute atomic E-state index is 12.7. The van der Waals surface area contributed by atoms with E-state index in [0.717, 1.165) is 21.8 Å². The molecule has 0 radical (unpaired) electrons. The van der Waals surface area contributed by atoms with Crippen molar-refractivity contribution in [2.75, 3.05) is 5.32 Å². The molecular formula is C20H14N4O. The van der Waals surface area contributed by atoms with E-state index in [2.05, 4.69) is 15.3 Å². The molecule has 0 aliphatic heterocycles. The molecule has 120 valence electrons. The van der Waals surface area contributed by atoms with Gasteiger partial charge in [-0.15, -0.1) is 0 Å². The summed E-state index contributed by atoms with van der Waals surface area (Å²) in [4.78, 5) is 20.1. The minimum absolute atomic E-state index is 0.349. The van der Waals surface area contributed by atoms with Crippen molar-refractivity contribution in [3.8, 4) is 6.07 Å². The Hall–Kier alpha value is -3.65. The molecular weight excluding hydrogens is 312 g/mol. The Labute approximate surface area is 143 Å². The number of hydrogen-bond acceptors (Lipinski definition) is 3. The minimum Gasteiger partial charge on any atom is -0.340 e. The number of anilines is 1. The van der Waals surface area contributed by atoms with Gasteiger partial charge in [-0.3, -0.25) is 4.79 Å². The van der Waals surface area contributed by atoms with E-state index in [9.17, 15) is 10.1 Å². The van der Waals surface area contributed by atoms with Gasteiger partial charge in [0.2, 0.25) is 5.91 Å². The van der Waals surface area contributed by atoms with Crippen LogP contribution >= 0.6 is 0 Å². The summed E-state index contributed by atoms with van der Waals surface area (Å²) < 4.78 is 0. The molecule has 5 nitrogen and oxygen atoms in total. The lowest BCUT2D eigenvalue weighted by atomic mass is 10.1. The van der Waals surface area contributed by atoms with Crippen LogP contribution in [0.5, 0.6) is 0 Å². The van der Waals surface area contributed by atoms with Crippen molar-refractivity contribution in [3.63, 3.8) is 0 Å². The van der Waals surface area contributed by atoms with Crippen LogP contribution in [0.25, 0.3) is 21.8 Å². The van der Waals surface area contributed by atoms with Gasteiger partial charge >= 0.3 is 0 Å². The van der Waals surface area contributed by atoms with Crippen molar-refractivity contribution in [1.82, 2.24) is 9.97 Å². The number of aromatic amines is 1. The van der Waals surface area contributed by atoms with Gasteiger partial charge in [-0.05, 0) is 23.6 Å². The zero-order chi connectivity index (χ0) is 17.2. The molecule has 0 spiro atoms. The highest BCUT2D eigenvalue weighted by molar-refractivity contribution is 6.05. The number of para-hydroxylation sites is 2. The Bertz CT molecular complexity index is 1080. The van der Waals surface area contributed by atoms with Gasteiger partial charge < -0.3 is 10.3 Å². The second-order valence-electron chi connectivity index (χ2n) is 5.72. The number of amides is 1. The van der Waals surface area contributed by atoms with E-state index in [1.54, 1.807) is 0 Å². The highest BCUT2D eigenvalue weighted by Crippen LogP contribution is 2.25.